The number of carbonyl (C=O) groups excluding carboxylic acids is 1. The van der Waals surface area contributed by atoms with E-state index in [4.69, 9.17) is 4.42 Å². The summed E-state index contributed by atoms with van der Waals surface area (Å²) in [4.78, 5) is 13.0. The molecule has 195 valence electrons. The number of hydrogen-bond acceptors (Lipinski definition) is 5. The smallest absolute Gasteiger partial charge is 0.327 e. The molecular weight excluding hydrogens is 506 g/mol. The Kier molecular flexibility index (Phi) is 6.79. The summed E-state index contributed by atoms with van der Waals surface area (Å²) in [5, 5.41) is 12.6. The standard InChI is InChI=1S/C28H27BFN2O5S/c1-16-12-17(4-11-23(16)29-34)15-32(38(3,35)36)24-14-25-22(13-21(24)18-5-6-18)26(28(33)31-2)27(37-25)19-7-9-20(30)10-8-19/h4,7-14,18,34H,5-6,15H2,1-3H3,(H,31,33). The van der Waals surface area contributed by atoms with Gasteiger partial charge in [0.05, 0.1) is 24.1 Å². The summed E-state index contributed by atoms with van der Waals surface area (Å²) in [6.07, 6.45) is 2.99. The lowest BCUT2D eigenvalue weighted by Gasteiger charge is -2.25. The minimum absolute atomic E-state index is 0.0877. The number of nitrogens with zero attached hydrogens (tertiary/aromatic N) is 1. The van der Waals surface area contributed by atoms with E-state index in [9.17, 15) is 22.6 Å². The zero-order chi connectivity index (χ0) is 27.2. The average molecular weight is 533 g/mol. The summed E-state index contributed by atoms with van der Waals surface area (Å²) in [6, 6.07) is 14.6. The second-order valence-corrected chi connectivity index (χ2v) is 11.6. The van der Waals surface area contributed by atoms with Crippen molar-refractivity contribution in [2.75, 3.05) is 17.6 Å². The van der Waals surface area contributed by atoms with Crippen molar-refractivity contribution in [2.45, 2.75) is 32.2 Å². The summed E-state index contributed by atoms with van der Waals surface area (Å²) in [5.74, 6) is -0.313. The molecule has 0 atom stereocenters. The van der Waals surface area contributed by atoms with Crippen LogP contribution in [0.5, 0.6) is 0 Å². The number of nitrogens with one attached hydrogen (secondary N) is 1. The largest absolute Gasteiger partial charge is 0.455 e. The molecule has 0 bridgehead atoms. The Balaban J connectivity index is 1.70. The zero-order valence-corrected chi connectivity index (χ0v) is 22.1. The first kappa shape index (κ1) is 26.0. The number of anilines is 1. The predicted octanol–water partition coefficient (Wildman–Crippen LogP) is 3.99. The van der Waals surface area contributed by atoms with E-state index in [2.05, 4.69) is 5.32 Å². The van der Waals surface area contributed by atoms with Crippen molar-refractivity contribution in [2.24, 2.45) is 0 Å². The van der Waals surface area contributed by atoms with Crippen LogP contribution >= 0.6 is 0 Å². The number of carbonyl (C=O) groups is 1. The summed E-state index contributed by atoms with van der Waals surface area (Å²) < 4.78 is 47.3. The fourth-order valence-electron chi connectivity index (χ4n) is 4.77. The lowest BCUT2D eigenvalue weighted by molar-refractivity contribution is 0.0964. The van der Waals surface area contributed by atoms with Crippen LogP contribution in [0, 0.1) is 12.7 Å². The van der Waals surface area contributed by atoms with E-state index in [-0.39, 0.29) is 24.1 Å². The predicted molar refractivity (Wildman–Crippen MR) is 147 cm³/mol. The van der Waals surface area contributed by atoms with Gasteiger partial charge in [0.2, 0.25) is 10.0 Å². The number of furan rings is 1. The van der Waals surface area contributed by atoms with E-state index in [1.807, 2.05) is 19.1 Å². The van der Waals surface area contributed by atoms with Gasteiger partial charge in [-0.15, -0.1) is 0 Å². The number of aryl methyl sites for hydroxylation is 1. The van der Waals surface area contributed by atoms with Crippen LogP contribution in [-0.2, 0) is 16.6 Å². The van der Waals surface area contributed by atoms with E-state index in [1.54, 1.807) is 30.3 Å². The van der Waals surface area contributed by atoms with Gasteiger partial charge >= 0.3 is 7.48 Å². The van der Waals surface area contributed by atoms with Crippen molar-refractivity contribution in [3.63, 3.8) is 0 Å². The number of fused-ring (bicyclic) bond motifs is 1. The first-order valence-corrected chi connectivity index (χ1v) is 14.1. The molecule has 1 fully saturated rings. The topological polar surface area (TPSA) is 99.8 Å². The molecule has 1 saturated carbocycles. The molecule has 1 radical (unpaired) electrons. The molecule has 0 aliphatic heterocycles. The first-order valence-electron chi connectivity index (χ1n) is 12.2. The Labute approximate surface area is 221 Å². The van der Waals surface area contributed by atoms with Crippen molar-refractivity contribution < 1.29 is 27.0 Å². The normalized spacial score (nSPS) is 13.5. The van der Waals surface area contributed by atoms with Crippen molar-refractivity contribution in [3.05, 3.63) is 82.7 Å². The molecule has 1 amide bonds. The molecule has 0 saturated heterocycles. The van der Waals surface area contributed by atoms with Gasteiger partial charge in [-0.05, 0) is 67.1 Å². The second-order valence-electron chi connectivity index (χ2n) is 9.66. The maximum atomic E-state index is 13.6. The number of rotatable bonds is 8. The van der Waals surface area contributed by atoms with Crippen LogP contribution in [0.2, 0.25) is 0 Å². The van der Waals surface area contributed by atoms with Gasteiger partial charge in [-0.2, -0.15) is 0 Å². The minimum Gasteiger partial charge on any atom is -0.455 e. The van der Waals surface area contributed by atoms with E-state index >= 15 is 0 Å². The van der Waals surface area contributed by atoms with E-state index in [0.717, 1.165) is 37.0 Å². The van der Waals surface area contributed by atoms with Crippen molar-refractivity contribution in [1.82, 2.24) is 5.32 Å². The summed E-state index contributed by atoms with van der Waals surface area (Å²) in [7, 11) is -1.16. The maximum Gasteiger partial charge on any atom is 0.327 e. The van der Waals surface area contributed by atoms with Gasteiger partial charge in [-0.25, -0.2) is 12.8 Å². The van der Waals surface area contributed by atoms with E-state index < -0.39 is 15.8 Å². The van der Waals surface area contributed by atoms with Crippen molar-refractivity contribution in [3.8, 4) is 11.3 Å². The molecule has 38 heavy (non-hydrogen) atoms. The third kappa shape index (κ3) is 4.93. The van der Waals surface area contributed by atoms with Gasteiger partial charge in [-0.3, -0.25) is 9.10 Å². The molecular formula is C28H27BFN2O5S. The molecule has 1 aliphatic carbocycles. The number of benzene rings is 3. The monoisotopic (exact) mass is 533 g/mol. The molecule has 0 spiro atoms. The van der Waals surface area contributed by atoms with E-state index in [1.165, 1.54) is 29.7 Å². The Morgan fingerprint density at radius 3 is 2.45 bits per heavy atom. The van der Waals surface area contributed by atoms with Gasteiger partial charge in [0.1, 0.15) is 17.2 Å². The van der Waals surface area contributed by atoms with Crippen LogP contribution in [0.3, 0.4) is 0 Å². The fourth-order valence-corrected chi connectivity index (χ4v) is 5.67. The Morgan fingerprint density at radius 2 is 1.87 bits per heavy atom. The highest BCUT2D eigenvalue weighted by Crippen LogP contribution is 2.48. The highest BCUT2D eigenvalue weighted by molar-refractivity contribution is 7.92. The van der Waals surface area contributed by atoms with Crippen LogP contribution in [0.1, 0.15) is 45.8 Å². The van der Waals surface area contributed by atoms with Gasteiger partial charge in [0, 0.05) is 24.1 Å². The Bertz CT molecular complexity index is 1650. The molecule has 3 aromatic carbocycles. The Hall–Kier alpha value is -3.63. The summed E-state index contributed by atoms with van der Waals surface area (Å²) in [6.45, 7) is 1.93. The maximum absolute atomic E-state index is 13.6. The average Bonchev–Trinajstić information content (AvgIpc) is 3.66. The third-order valence-corrected chi connectivity index (χ3v) is 8.01. The molecule has 1 aliphatic rings. The molecule has 1 heterocycles. The zero-order valence-electron chi connectivity index (χ0n) is 21.3. The first-order chi connectivity index (χ1) is 18.1. The second kappa shape index (κ2) is 9.92. The van der Waals surface area contributed by atoms with Crippen LogP contribution in [0.4, 0.5) is 10.1 Å². The molecule has 7 nitrogen and oxygen atoms in total. The van der Waals surface area contributed by atoms with Crippen LogP contribution < -0.4 is 15.1 Å². The number of hydrogen-bond donors (Lipinski definition) is 2. The van der Waals surface area contributed by atoms with Crippen LogP contribution in [-0.4, -0.2) is 40.1 Å². The van der Waals surface area contributed by atoms with Crippen LogP contribution in [0.15, 0.2) is 59.0 Å². The molecule has 2 N–H and O–H groups in total. The lowest BCUT2D eigenvalue weighted by Crippen LogP contribution is -2.30. The van der Waals surface area contributed by atoms with Crippen molar-refractivity contribution >= 4 is 45.5 Å². The third-order valence-electron chi connectivity index (χ3n) is 6.88. The number of amides is 1. The molecule has 1 aromatic heterocycles. The highest BCUT2D eigenvalue weighted by atomic mass is 32.2. The number of sulfonamides is 1. The fraction of sp³-hybridized carbons (Fsp3) is 0.250. The molecule has 0 unspecified atom stereocenters. The Morgan fingerprint density at radius 1 is 1.16 bits per heavy atom. The van der Waals surface area contributed by atoms with Crippen molar-refractivity contribution in [1.29, 1.82) is 0 Å². The van der Waals surface area contributed by atoms with Crippen LogP contribution in [0.25, 0.3) is 22.3 Å². The summed E-state index contributed by atoms with van der Waals surface area (Å²) in [5.41, 5.74) is 4.78. The van der Waals surface area contributed by atoms with Gasteiger partial charge in [-0.1, -0.05) is 29.2 Å². The minimum atomic E-state index is -3.71. The quantitative estimate of drug-likeness (QED) is 0.334. The van der Waals surface area contributed by atoms with Gasteiger partial charge in [0.15, 0.2) is 0 Å². The summed E-state index contributed by atoms with van der Waals surface area (Å²) >= 11 is 0. The lowest BCUT2D eigenvalue weighted by atomic mass is 9.84. The van der Waals surface area contributed by atoms with Gasteiger partial charge in [0.25, 0.3) is 5.91 Å². The van der Waals surface area contributed by atoms with E-state index in [0.29, 0.717) is 33.2 Å². The highest BCUT2D eigenvalue weighted by Gasteiger charge is 2.33. The van der Waals surface area contributed by atoms with Gasteiger partial charge < -0.3 is 14.8 Å². The molecule has 10 heteroatoms. The molecule has 5 rings (SSSR count). The SMILES string of the molecule is CNC(=O)c1c(-c2ccc(F)cc2)oc2cc(N(Cc3ccc([B]O)c(C)c3)S(C)(=O)=O)c(C3CC3)cc12. The molecule has 4 aromatic rings. The number of halogens is 1.